The minimum atomic E-state index is -0.479. The second-order valence-corrected chi connectivity index (χ2v) is 8.80. The van der Waals surface area contributed by atoms with Crippen LogP contribution in [0.4, 0.5) is 4.39 Å². The van der Waals surface area contributed by atoms with Crippen LogP contribution in [-0.2, 0) is 0 Å². The number of hydrogen-bond donors (Lipinski definition) is 2. The number of unbranched alkanes of at least 4 members (excludes halogenated alkanes) is 1. The largest absolute Gasteiger partial charge is 0.493 e. The van der Waals surface area contributed by atoms with Gasteiger partial charge in [-0.3, -0.25) is 4.79 Å². The van der Waals surface area contributed by atoms with E-state index in [0.29, 0.717) is 34.5 Å². The number of pyridine rings is 1. The highest BCUT2D eigenvalue weighted by atomic mass is 32.1. The first-order valence-corrected chi connectivity index (χ1v) is 11.4. The lowest BCUT2D eigenvalue weighted by Gasteiger charge is -2.11. The first-order chi connectivity index (χ1) is 15.6. The molecule has 8 nitrogen and oxygen atoms in total. The predicted molar refractivity (Wildman–Crippen MR) is 119 cm³/mol. The number of aromatic amines is 2. The van der Waals surface area contributed by atoms with Crippen molar-refractivity contribution in [2.75, 3.05) is 6.61 Å². The van der Waals surface area contributed by atoms with Crippen molar-refractivity contribution < 1.29 is 9.13 Å². The summed E-state index contributed by atoms with van der Waals surface area (Å²) >= 11 is 1.54. The lowest BCUT2D eigenvalue weighted by Crippen LogP contribution is -2.13. The molecule has 0 atom stereocenters. The van der Waals surface area contributed by atoms with Crippen LogP contribution < -0.4 is 10.3 Å². The van der Waals surface area contributed by atoms with Gasteiger partial charge in [-0.25, -0.2) is 14.5 Å². The molecule has 1 aliphatic rings. The fourth-order valence-electron chi connectivity index (χ4n) is 3.48. The quantitative estimate of drug-likeness (QED) is 0.380. The molecule has 0 aliphatic heterocycles. The number of thiazole rings is 1. The van der Waals surface area contributed by atoms with Crippen molar-refractivity contribution in [3.8, 4) is 39.0 Å². The number of aromatic nitrogens is 6. The molecule has 32 heavy (non-hydrogen) atoms. The number of nitrogens with one attached hydrogen (secondary N) is 2. The van der Waals surface area contributed by atoms with Gasteiger partial charge in [-0.05, 0) is 53.8 Å². The monoisotopic (exact) mass is 452 g/mol. The van der Waals surface area contributed by atoms with Crippen molar-refractivity contribution in [1.82, 2.24) is 30.6 Å². The summed E-state index contributed by atoms with van der Waals surface area (Å²) in [5.74, 6) is 0.750. The second kappa shape index (κ2) is 8.62. The van der Waals surface area contributed by atoms with Crippen LogP contribution in [0.5, 0.6) is 5.75 Å². The van der Waals surface area contributed by atoms with Crippen LogP contribution in [0.25, 0.3) is 33.2 Å². The maximum absolute atomic E-state index is 14.9. The van der Waals surface area contributed by atoms with E-state index < -0.39 is 11.4 Å². The van der Waals surface area contributed by atoms with Crippen molar-refractivity contribution in [3.63, 3.8) is 0 Å². The molecule has 3 heterocycles. The first kappa shape index (κ1) is 20.5. The number of H-pyrrole nitrogens is 2. The van der Waals surface area contributed by atoms with E-state index in [9.17, 15) is 9.18 Å². The molecule has 2 N–H and O–H groups in total. The number of tetrazole rings is 1. The molecular weight excluding hydrogens is 431 g/mol. The van der Waals surface area contributed by atoms with Crippen molar-refractivity contribution in [2.24, 2.45) is 0 Å². The average Bonchev–Trinajstić information content (AvgIpc) is 3.28. The van der Waals surface area contributed by atoms with Gasteiger partial charge in [-0.2, -0.15) is 0 Å². The van der Waals surface area contributed by atoms with E-state index in [2.05, 4.69) is 37.5 Å². The predicted octanol–water partition coefficient (Wildman–Crippen LogP) is 4.54. The molecule has 0 amide bonds. The molecule has 4 aromatic rings. The SMILES string of the molecule is CCCCOc1ccc(-c2cc(-c3ncc(C4CC4)s3)c(-c3nnn[nH]3)c(=O)[nH]2)c(F)c1. The molecule has 0 radical (unpaired) electrons. The summed E-state index contributed by atoms with van der Waals surface area (Å²) in [4.78, 5) is 21.6. The van der Waals surface area contributed by atoms with Crippen LogP contribution in [0.1, 0.15) is 43.4 Å². The highest BCUT2D eigenvalue weighted by molar-refractivity contribution is 7.15. The highest BCUT2D eigenvalue weighted by Crippen LogP contribution is 2.45. The summed E-state index contributed by atoms with van der Waals surface area (Å²) in [7, 11) is 0. The van der Waals surface area contributed by atoms with Gasteiger partial charge in [-0.15, -0.1) is 16.4 Å². The van der Waals surface area contributed by atoms with Crippen LogP contribution in [-0.4, -0.2) is 37.2 Å². The summed E-state index contributed by atoms with van der Waals surface area (Å²) in [5.41, 5.74) is 1.02. The molecule has 5 rings (SSSR count). The molecule has 1 saturated carbocycles. The fraction of sp³-hybridized carbons (Fsp3) is 0.318. The fourth-order valence-corrected chi connectivity index (χ4v) is 4.59. The molecule has 1 fully saturated rings. The van der Waals surface area contributed by atoms with E-state index >= 15 is 0 Å². The van der Waals surface area contributed by atoms with Crippen molar-refractivity contribution in [2.45, 2.75) is 38.5 Å². The van der Waals surface area contributed by atoms with Crippen molar-refractivity contribution >= 4 is 11.3 Å². The maximum atomic E-state index is 14.9. The Morgan fingerprint density at radius 2 is 2.12 bits per heavy atom. The lowest BCUT2D eigenvalue weighted by atomic mass is 10.0. The summed E-state index contributed by atoms with van der Waals surface area (Å²) in [6.45, 7) is 2.60. The third kappa shape index (κ3) is 4.05. The Balaban J connectivity index is 1.58. The Bertz CT molecular complexity index is 1300. The zero-order valence-electron chi connectivity index (χ0n) is 17.4. The van der Waals surface area contributed by atoms with E-state index in [1.54, 1.807) is 18.2 Å². The van der Waals surface area contributed by atoms with Crippen LogP contribution in [0.3, 0.4) is 0 Å². The van der Waals surface area contributed by atoms with Crippen LogP contribution in [0, 0.1) is 5.82 Å². The lowest BCUT2D eigenvalue weighted by molar-refractivity contribution is 0.308. The van der Waals surface area contributed by atoms with Gasteiger partial charge in [0.1, 0.15) is 16.6 Å². The number of nitrogens with zero attached hydrogens (tertiary/aromatic N) is 4. The molecule has 3 aromatic heterocycles. The van der Waals surface area contributed by atoms with Gasteiger partial charge >= 0.3 is 0 Å². The molecule has 1 aromatic carbocycles. The Morgan fingerprint density at radius 3 is 2.84 bits per heavy atom. The zero-order chi connectivity index (χ0) is 22.1. The number of benzene rings is 1. The normalized spacial score (nSPS) is 13.4. The van der Waals surface area contributed by atoms with E-state index in [1.807, 2.05) is 6.20 Å². The Hall–Kier alpha value is -3.40. The van der Waals surface area contributed by atoms with E-state index in [-0.39, 0.29) is 17.0 Å². The third-order valence-electron chi connectivity index (χ3n) is 5.35. The van der Waals surface area contributed by atoms with Gasteiger partial charge in [0.25, 0.3) is 5.56 Å². The second-order valence-electron chi connectivity index (χ2n) is 7.74. The van der Waals surface area contributed by atoms with E-state index in [1.165, 1.54) is 22.3 Å². The Morgan fingerprint density at radius 1 is 1.25 bits per heavy atom. The third-order valence-corrected chi connectivity index (χ3v) is 6.54. The number of halogens is 1. The van der Waals surface area contributed by atoms with Gasteiger partial charge in [0, 0.05) is 28.3 Å². The highest BCUT2D eigenvalue weighted by Gasteiger charge is 2.27. The minimum absolute atomic E-state index is 0.233. The molecule has 164 valence electrons. The molecule has 0 bridgehead atoms. The van der Waals surface area contributed by atoms with Gasteiger partial charge in [0.15, 0.2) is 5.82 Å². The molecular formula is C22H21FN6O2S. The van der Waals surface area contributed by atoms with Gasteiger partial charge < -0.3 is 9.72 Å². The van der Waals surface area contributed by atoms with Crippen LogP contribution in [0.2, 0.25) is 0 Å². The zero-order valence-corrected chi connectivity index (χ0v) is 18.2. The molecule has 0 saturated heterocycles. The van der Waals surface area contributed by atoms with Gasteiger partial charge in [0.05, 0.1) is 17.9 Å². The summed E-state index contributed by atoms with van der Waals surface area (Å²) in [6.07, 6.45) is 6.05. The standard InChI is InChI=1S/C22H21FN6O2S/c1-2-3-8-31-13-6-7-14(16(23)9-13)17-10-15(22-24-11-18(32-22)12-4-5-12)19(21(30)25-17)20-26-28-29-27-20/h6-7,9-12H,2-5,8H2,1H3,(H,25,30)(H,26,27,28,29). The van der Waals surface area contributed by atoms with Gasteiger partial charge in [-0.1, -0.05) is 13.3 Å². The average molecular weight is 453 g/mol. The molecule has 10 heteroatoms. The number of ether oxygens (including phenoxy) is 1. The Kier molecular flexibility index (Phi) is 5.52. The summed E-state index contributed by atoms with van der Waals surface area (Å²) < 4.78 is 20.5. The van der Waals surface area contributed by atoms with E-state index in [0.717, 1.165) is 25.7 Å². The minimum Gasteiger partial charge on any atom is -0.493 e. The first-order valence-electron chi connectivity index (χ1n) is 10.5. The smallest absolute Gasteiger partial charge is 0.260 e. The van der Waals surface area contributed by atoms with Gasteiger partial charge in [0.2, 0.25) is 0 Å². The van der Waals surface area contributed by atoms with Crippen molar-refractivity contribution in [1.29, 1.82) is 0 Å². The van der Waals surface area contributed by atoms with Crippen LogP contribution in [0.15, 0.2) is 35.3 Å². The maximum Gasteiger partial charge on any atom is 0.260 e. The van der Waals surface area contributed by atoms with Crippen LogP contribution >= 0.6 is 11.3 Å². The summed E-state index contributed by atoms with van der Waals surface area (Å²) in [5, 5.41) is 14.4. The molecule has 1 aliphatic carbocycles. The summed E-state index contributed by atoms with van der Waals surface area (Å²) in [6, 6.07) is 6.38. The number of hydrogen-bond acceptors (Lipinski definition) is 7. The molecule has 0 spiro atoms. The number of rotatable bonds is 8. The molecule has 0 unspecified atom stereocenters. The van der Waals surface area contributed by atoms with E-state index in [4.69, 9.17) is 4.74 Å². The topological polar surface area (TPSA) is 109 Å². The van der Waals surface area contributed by atoms with Crippen molar-refractivity contribution in [3.05, 3.63) is 51.5 Å². The Labute approximate surface area is 186 Å².